The Morgan fingerprint density at radius 1 is 1.14 bits per heavy atom. The van der Waals surface area contributed by atoms with Gasteiger partial charge in [0.1, 0.15) is 0 Å². The fourth-order valence-electron chi connectivity index (χ4n) is 2.74. The highest BCUT2D eigenvalue weighted by atomic mass is 16.5. The number of para-hydroxylation sites is 1. The fourth-order valence-corrected chi connectivity index (χ4v) is 2.74. The summed E-state index contributed by atoms with van der Waals surface area (Å²) in [4.78, 5) is 9.28. The Bertz CT molecular complexity index is 561. The van der Waals surface area contributed by atoms with Crippen LogP contribution >= 0.6 is 0 Å². The molecule has 0 bridgehead atoms. The Labute approximate surface area is 125 Å². The van der Waals surface area contributed by atoms with Gasteiger partial charge >= 0.3 is 0 Å². The predicted molar refractivity (Wildman–Crippen MR) is 82.3 cm³/mol. The van der Waals surface area contributed by atoms with Crippen molar-refractivity contribution in [2.75, 3.05) is 31.1 Å². The quantitative estimate of drug-likeness (QED) is 0.864. The van der Waals surface area contributed by atoms with Gasteiger partial charge in [0.05, 0.1) is 6.04 Å². The minimum atomic E-state index is 0.190. The van der Waals surface area contributed by atoms with E-state index in [0.717, 1.165) is 44.3 Å². The molecule has 2 heterocycles. The second kappa shape index (κ2) is 6.26. The second-order valence-electron chi connectivity index (χ2n) is 5.44. The number of hydrogen-bond acceptors (Lipinski definition) is 5. The average molecular weight is 286 g/mol. The molecule has 0 radical (unpaired) electrons. The first kappa shape index (κ1) is 14.1. The van der Waals surface area contributed by atoms with E-state index >= 15 is 0 Å². The monoisotopic (exact) mass is 286 g/mol. The Morgan fingerprint density at radius 2 is 1.86 bits per heavy atom. The van der Waals surface area contributed by atoms with Crippen molar-refractivity contribution in [3.05, 3.63) is 42.0 Å². The van der Waals surface area contributed by atoms with Crippen molar-refractivity contribution in [2.45, 2.75) is 26.3 Å². The van der Waals surface area contributed by atoms with Crippen LogP contribution < -0.4 is 4.90 Å². The Hall–Kier alpha value is -1.88. The number of aromatic nitrogens is 2. The molecule has 1 saturated heterocycles. The number of benzene rings is 1. The summed E-state index contributed by atoms with van der Waals surface area (Å²) in [6.07, 6.45) is 0.817. The van der Waals surface area contributed by atoms with Crippen LogP contribution in [-0.4, -0.2) is 41.2 Å². The van der Waals surface area contributed by atoms with Gasteiger partial charge in [0.25, 0.3) is 0 Å². The van der Waals surface area contributed by atoms with Crippen LogP contribution in [0.4, 0.5) is 5.69 Å². The summed E-state index contributed by atoms with van der Waals surface area (Å²) < 4.78 is 5.37. The summed E-state index contributed by atoms with van der Waals surface area (Å²) in [7, 11) is 0. The molecule has 1 atom stereocenters. The van der Waals surface area contributed by atoms with Crippen molar-refractivity contribution < 1.29 is 4.52 Å². The highest BCUT2D eigenvalue weighted by Crippen LogP contribution is 2.22. The molecule has 1 aromatic carbocycles. The van der Waals surface area contributed by atoms with Crippen LogP contribution in [0.3, 0.4) is 0 Å². The summed E-state index contributed by atoms with van der Waals surface area (Å²) in [5, 5.41) is 3.99. The van der Waals surface area contributed by atoms with E-state index in [1.54, 1.807) is 0 Å². The van der Waals surface area contributed by atoms with Gasteiger partial charge in [0.2, 0.25) is 5.89 Å². The minimum absolute atomic E-state index is 0.190. The van der Waals surface area contributed by atoms with E-state index in [1.807, 2.05) is 6.92 Å². The predicted octanol–water partition coefficient (Wildman–Crippen LogP) is 2.52. The van der Waals surface area contributed by atoms with Crippen LogP contribution in [0.5, 0.6) is 0 Å². The molecule has 112 valence electrons. The van der Waals surface area contributed by atoms with Crippen molar-refractivity contribution in [3.8, 4) is 0 Å². The van der Waals surface area contributed by atoms with E-state index in [9.17, 15) is 0 Å². The summed E-state index contributed by atoms with van der Waals surface area (Å²) in [6.45, 7) is 8.27. The summed E-state index contributed by atoms with van der Waals surface area (Å²) in [5.41, 5.74) is 1.30. The third-order valence-electron chi connectivity index (χ3n) is 4.14. The molecule has 0 aliphatic carbocycles. The van der Waals surface area contributed by atoms with Gasteiger partial charge in [-0.1, -0.05) is 30.3 Å². The smallest absolute Gasteiger partial charge is 0.243 e. The fraction of sp³-hybridized carbons (Fsp3) is 0.500. The number of rotatable bonds is 4. The molecule has 1 aliphatic rings. The van der Waals surface area contributed by atoms with Gasteiger partial charge in [0, 0.05) is 38.3 Å². The van der Waals surface area contributed by atoms with Gasteiger partial charge in [-0.2, -0.15) is 4.98 Å². The van der Waals surface area contributed by atoms with Gasteiger partial charge < -0.3 is 9.42 Å². The first-order valence-electron chi connectivity index (χ1n) is 7.64. The average Bonchev–Trinajstić information content (AvgIpc) is 3.04. The zero-order chi connectivity index (χ0) is 14.7. The van der Waals surface area contributed by atoms with E-state index in [-0.39, 0.29) is 6.04 Å². The molecular formula is C16H22N4O. The lowest BCUT2D eigenvalue weighted by Gasteiger charge is -2.38. The maximum Gasteiger partial charge on any atom is 0.243 e. The molecular weight excluding hydrogens is 264 g/mol. The molecule has 0 unspecified atom stereocenters. The third-order valence-corrected chi connectivity index (χ3v) is 4.14. The highest BCUT2D eigenvalue weighted by molar-refractivity contribution is 5.46. The number of hydrogen-bond donors (Lipinski definition) is 0. The molecule has 0 saturated carbocycles. The van der Waals surface area contributed by atoms with E-state index in [2.05, 4.69) is 57.2 Å². The molecule has 5 heteroatoms. The number of piperazine rings is 1. The standard InChI is InChI=1S/C16H22N4O/c1-3-15-17-16(21-18-15)13(2)19-9-11-20(12-10-19)14-7-5-4-6-8-14/h4-8,13H,3,9-12H2,1-2H3/t13-/m0/s1. The lowest BCUT2D eigenvalue weighted by molar-refractivity contribution is 0.164. The second-order valence-corrected chi connectivity index (χ2v) is 5.44. The molecule has 1 aromatic heterocycles. The first-order chi connectivity index (χ1) is 10.3. The maximum absolute atomic E-state index is 5.37. The van der Waals surface area contributed by atoms with Crippen LogP contribution in [0.15, 0.2) is 34.9 Å². The van der Waals surface area contributed by atoms with Crippen molar-refractivity contribution in [2.24, 2.45) is 0 Å². The van der Waals surface area contributed by atoms with E-state index < -0.39 is 0 Å². The lowest BCUT2D eigenvalue weighted by Crippen LogP contribution is -2.47. The molecule has 0 N–H and O–H groups in total. The van der Waals surface area contributed by atoms with Gasteiger partial charge in [-0.05, 0) is 19.1 Å². The zero-order valence-electron chi connectivity index (χ0n) is 12.7. The van der Waals surface area contributed by atoms with E-state index in [0.29, 0.717) is 0 Å². The van der Waals surface area contributed by atoms with Crippen LogP contribution in [0.1, 0.15) is 31.6 Å². The number of nitrogens with zero attached hydrogens (tertiary/aromatic N) is 4. The Balaban J connectivity index is 1.60. The van der Waals surface area contributed by atoms with Crippen LogP contribution in [0, 0.1) is 0 Å². The van der Waals surface area contributed by atoms with Crippen LogP contribution in [0.25, 0.3) is 0 Å². The van der Waals surface area contributed by atoms with E-state index in [4.69, 9.17) is 4.52 Å². The molecule has 1 fully saturated rings. The van der Waals surface area contributed by atoms with Crippen molar-refractivity contribution in [1.29, 1.82) is 0 Å². The van der Waals surface area contributed by atoms with Gasteiger partial charge in [-0.15, -0.1) is 0 Å². The third kappa shape index (κ3) is 3.08. The summed E-state index contributed by atoms with van der Waals surface area (Å²) in [6, 6.07) is 10.8. The van der Waals surface area contributed by atoms with E-state index in [1.165, 1.54) is 5.69 Å². The maximum atomic E-state index is 5.37. The van der Waals surface area contributed by atoms with Crippen LogP contribution in [-0.2, 0) is 6.42 Å². The molecule has 0 amide bonds. The summed E-state index contributed by atoms with van der Waals surface area (Å²) >= 11 is 0. The zero-order valence-corrected chi connectivity index (χ0v) is 12.7. The molecule has 2 aromatic rings. The molecule has 0 spiro atoms. The highest BCUT2D eigenvalue weighted by Gasteiger charge is 2.25. The molecule has 21 heavy (non-hydrogen) atoms. The first-order valence-corrected chi connectivity index (χ1v) is 7.64. The van der Waals surface area contributed by atoms with Gasteiger partial charge in [0.15, 0.2) is 5.82 Å². The minimum Gasteiger partial charge on any atom is -0.369 e. The SMILES string of the molecule is CCc1noc([C@H](C)N2CCN(c3ccccc3)CC2)n1. The topological polar surface area (TPSA) is 45.4 Å². The van der Waals surface area contributed by atoms with Crippen LogP contribution in [0.2, 0.25) is 0 Å². The van der Waals surface area contributed by atoms with Crippen molar-refractivity contribution >= 4 is 5.69 Å². The molecule has 3 rings (SSSR count). The largest absolute Gasteiger partial charge is 0.369 e. The molecule has 1 aliphatic heterocycles. The Kier molecular flexibility index (Phi) is 4.20. The normalized spacial score (nSPS) is 17.9. The van der Waals surface area contributed by atoms with Crippen molar-refractivity contribution in [1.82, 2.24) is 15.0 Å². The summed E-state index contributed by atoms with van der Waals surface area (Å²) in [5.74, 6) is 1.53. The molecule has 5 nitrogen and oxygen atoms in total. The van der Waals surface area contributed by atoms with Gasteiger partial charge in [-0.3, -0.25) is 4.90 Å². The van der Waals surface area contributed by atoms with Crippen molar-refractivity contribution in [3.63, 3.8) is 0 Å². The number of aryl methyl sites for hydroxylation is 1. The van der Waals surface area contributed by atoms with Gasteiger partial charge in [-0.25, -0.2) is 0 Å². The lowest BCUT2D eigenvalue weighted by atomic mass is 10.2. The Morgan fingerprint density at radius 3 is 2.48 bits per heavy atom. The number of anilines is 1.